The van der Waals surface area contributed by atoms with Crippen molar-refractivity contribution in [2.45, 2.75) is 69.8 Å². The van der Waals surface area contributed by atoms with E-state index in [0.717, 1.165) is 12.0 Å². The van der Waals surface area contributed by atoms with Crippen molar-refractivity contribution >= 4 is 18.0 Å². The summed E-state index contributed by atoms with van der Waals surface area (Å²) >= 11 is 0. The zero-order chi connectivity index (χ0) is 19.8. The van der Waals surface area contributed by atoms with E-state index in [2.05, 4.69) is 5.10 Å². The molecular formula is C18H21BF4N2O2. The molecule has 0 N–H and O–H groups in total. The molecule has 1 saturated heterocycles. The average molecular weight is 384 g/mol. The summed E-state index contributed by atoms with van der Waals surface area (Å²) in [4.78, 5) is 0. The molecule has 1 saturated carbocycles. The Morgan fingerprint density at radius 2 is 1.81 bits per heavy atom. The zero-order valence-electron chi connectivity index (χ0n) is 15.6. The van der Waals surface area contributed by atoms with Gasteiger partial charge in [-0.05, 0) is 57.7 Å². The van der Waals surface area contributed by atoms with Gasteiger partial charge >= 0.3 is 13.3 Å². The first kappa shape index (κ1) is 18.7. The molecule has 4 nitrogen and oxygen atoms in total. The van der Waals surface area contributed by atoms with Crippen molar-refractivity contribution in [3.8, 4) is 0 Å². The highest BCUT2D eigenvalue weighted by atomic mass is 19.4. The Labute approximate surface area is 155 Å². The van der Waals surface area contributed by atoms with Gasteiger partial charge in [0.05, 0.1) is 22.1 Å². The molecule has 2 aromatic rings. The van der Waals surface area contributed by atoms with Gasteiger partial charge in [-0.25, -0.2) is 0 Å². The van der Waals surface area contributed by atoms with E-state index in [0.29, 0.717) is 4.68 Å². The lowest BCUT2D eigenvalue weighted by Gasteiger charge is -2.32. The molecule has 146 valence electrons. The number of aromatic nitrogens is 2. The number of halogens is 4. The number of hydrogen-bond acceptors (Lipinski definition) is 3. The van der Waals surface area contributed by atoms with Crippen LogP contribution in [0.1, 0.15) is 45.6 Å². The molecule has 2 fully saturated rings. The second-order valence-corrected chi connectivity index (χ2v) is 8.47. The molecule has 1 aromatic heterocycles. The molecule has 1 aliphatic carbocycles. The smallest absolute Gasteiger partial charge is 0.403 e. The van der Waals surface area contributed by atoms with Gasteiger partial charge in [-0.1, -0.05) is 6.07 Å². The summed E-state index contributed by atoms with van der Waals surface area (Å²) < 4.78 is 64.9. The molecule has 1 aliphatic heterocycles. The molecule has 0 bridgehead atoms. The van der Waals surface area contributed by atoms with Crippen LogP contribution in [-0.4, -0.2) is 34.3 Å². The number of alkyl halides is 3. The van der Waals surface area contributed by atoms with Crippen molar-refractivity contribution < 1.29 is 26.9 Å². The Bertz CT molecular complexity index is 877. The first-order valence-corrected chi connectivity index (χ1v) is 8.96. The fourth-order valence-corrected chi connectivity index (χ4v) is 3.63. The number of hydrogen-bond donors (Lipinski definition) is 0. The second kappa shape index (κ2) is 5.70. The third-order valence-corrected chi connectivity index (χ3v) is 5.95. The van der Waals surface area contributed by atoms with Gasteiger partial charge in [0.15, 0.2) is 0 Å². The summed E-state index contributed by atoms with van der Waals surface area (Å²) in [5, 5.41) is 3.50. The molecule has 27 heavy (non-hydrogen) atoms. The van der Waals surface area contributed by atoms with Gasteiger partial charge in [-0.15, -0.1) is 5.10 Å². The molecule has 1 aromatic carbocycles. The fourth-order valence-electron chi connectivity index (χ4n) is 3.63. The van der Waals surface area contributed by atoms with Crippen molar-refractivity contribution in [3.63, 3.8) is 0 Å². The van der Waals surface area contributed by atoms with Gasteiger partial charge in [0, 0.05) is 5.82 Å². The predicted octanol–water partition coefficient (Wildman–Crippen LogP) is 4.69. The zero-order valence-corrected chi connectivity index (χ0v) is 15.6. The van der Waals surface area contributed by atoms with Gasteiger partial charge in [-0.3, -0.25) is 4.68 Å². The predicted molar refractivity (Wildman–Crippen MR) is 92.9 cm³/mol. The van der Waals surface area contributed by atoms with Crippen molar-refractivity contribution in [2.24, 2.45) is 0 Å². The monoisotopic (exact) mass is 384 g/mol. The van der Waals surface area contributed by atoms with Crippen LogP contribution in [0.3, 0.4) is 0 Å². The highest BCUT2D eigenvalue weighted by Gasteiger charge is 2.59. The second-order valence-electron chi connectivity index (χ2n) is 8.47. The minimum atomic E-state index is -4.47. The largest absolute Gasteiger partial charge is 0.461 e. The summed E-state index contributed by atoms with van der Waals surface area (Å²) in [6.45, 7) is 6.61. The summed E-state index contributed by atoms with van der Waals surface area (Å²) in [5.41, 5.74) is 0.152. The Hall–Kier alpha value is -1.61. The van der Waals surface area contributed by atoms with E-state index in [9.17, 15) is 17.6 Å². The maximum absolute atomic E-state index is 13.9. The van der Waals surface area contributed by atoms with Crippen LogP contribution in [0.15, 0.2) is 18.2 Å². The van der Waals surface area contributed by atoms with Gasteiger partial charge in [0.1, 0.15) is 6.54 Å². The molecular weight excluding hydrogens is 363 g/mol. The lowest BCUT2D eigenvalue weighted by atomic mass is 9.79. The van der Waals surface area contributed by atoms with Crippen LogP contribution < -0.4 is 0 Å². The first-order valence-electron chi connectivity index (χ1n) is 8.96. The van der Waals surface area contributed by atoms with E-state index in [-0.39, 0.29) is 29.8 Å². The number of nitrogens with zero attached hydrogens (tertiary/aromatic N) is 2. The number of benzene rings is 1. The average Bonchev–Trinajstić information content (AvgIpc) is 3.21. The minimum Gasteiger partial charge on any atom is -0.403 e. The molecule has 0 spiro atoms. The molecule has 2 heterocycles. The minimum absolute atomic E-state index is 0.0934. The van der Waals surface area contributed by atoms with Crippen LogP contribution in [0.2, 0.25) is 5.82 Å². The van der Waals surface area contributed by atoms with Crippen LogP contribution >= 0.6 is 0 Å². The van der Waals surface area contributed by atoms with Crippen LogP contribution in [0.4, 0.5) is 17.6 Å². The molecule has 0 radical (unpaired) electrons. The van der Waals surface area contributed by atoms with Gasteiger partial charge < -0.3 is 9.31 Å². The van der Waals surface area contributed by atoms with E-state index >= 15 is 0 Å². The molecule has 2 aliphatic rings. The van der Waals surface area contributed by atoms with Crippen molar-refractivity contribution in [1.29, 1.82) is 0 Å². The number of rotatable bonds is 3. The van der Waals surface area contributed by atoms with E-state index in [1.807, 2.05) is 27.7 Å². The van der Waals surface area contributed by atoms with Crippen LogP contribution in [-0.2, 0) is 15.9 Å². The van der Waals surface area contributed by atoms with Gasteiger partial charge in [0.25, 0.3) is 0 Å². The van der Waals surface area contributed by atoms with Gasteiger partial charge in [-0.2, -0.15) is 17.6 Å². The fraction of sp³-hybridized carbons (Fsp3) is 0.611. The normalized spacial score (nSPS) is 26.7. The Kier molecular flexibility index (Phi) is 3.96. The van der Waals surface area contributed by atoms with Crippen LogP contribution in [0, 0.1) is 5.95 Å². The standard InChI is InChI=1S/C18H21BF4N2O2/c1-16(2)17(3,4)27-19(26-16)13-8-12(13)10-5-6-11-14(7-10)25(24-15(11)20)9-18(21,22)23/h5-7,12-13H,8-9H2,1-4H3/t12-,13+/m1/s1. The van der Waals surface area contributed by atoms with Gasteiger partial charge in [0.2, 0.25) is 5.95 Å². The molecule has 9 heteroatoms. The van der Waals surface area contributed by atoms with Crippen LogP contribution in [0.5, 0.6) is 0 Å². The summed E-state index contributed by atoms with van der Waals surface area (Å²) in [6.07, 6.45) is -3.65. The highest BCUT2D eigenvalue weighted by Crippen LogP contribution is 2.58. The molecule has 2 atom stereocenters. The summed E-state index contributed by atoms with van der Waals surface area (Å²) in [5.74, 6) is -0.646. The third kappa shape index (κ3) is 3.25. The van der Waals surface area contributed by atoms with E-state index < -0.39 is 29.9 Å². The van der Waals surface area contributed by atoms with E-state index in [1.165, 1.54) is 6.07 Å². The van der Waals surface area contributed by atoms with Crippen molar-refractivity contribution in [1.82, 2.24) is 9.78 Å². The lowest BCUT2D eigenvalue weighted by molar-refractivity contribution is -0.142. The molecule has 4 rings (SSSR count). The SMILES string of the molecule is CC1(C)OB([C@H]2C[C@@H]2c2ccc3c(F)nn(CC(F)(F)F)c3c2)OC1(C)C. The lowest BCUT2D eigenvalue weighted by Crippen LogP contribution is -2.41. The topological polar surface area (TPSA) is 36.3 Å². The summed E-state index contributed by atoms with van der Waals surface area (Å²) in [7, 11) is -0.354. The van der Waals surface area contributed by atoms with Crippen LogP contribution in [0.25, 0.3) is 10.9 Å². The van der Waals surface area contributed by atoms with Crippen molar-refractivity contribution in [2.75, 3.05) is 0 Å². The van der Waals surface area contributed by atoms with E-state index in [1.54, 1.807) is 12.1 Å². The molecule has 0 amide bonds. The molecule has 0 unspecified atom stereocenters. The van der Waals surface area contributed by atoms with E-state index in [4.69, 9.17) is 9.31 Å². The Morgan fingerprint density at radius 1 is 1.19 bits per heavy atom. The first-order chi connectivity index (χ1) is 12.4. The Balaban J connectivity index is 1.58. The maximum atomic E-state index is 13.9. The maximum Gasteiger partial charge on any atom is 0.461 e. The summed E-state index contributed by atoms with van der Waals surface area (Å²) in [6, 6.07) is 4.85. The third-order valence-electron chi connectivity index (χ3n) is 5.95. The van der Waals surface area contributed by atoms with Crippen molar-refractivity contribution in [3.05, 3.63) is 29.7 Å². The quantitative estimate of drug-likeness (QED) is 0.569. The number of fused-ring (bicyclic) bond motifs is 1. The highest BCUT2D eigenvalue weighted by molar-refractivity contribution is 6.49. The Morgan fingerprint density at radius 3 is 2.41 bits per heavy atom.